The van der Waals surface area contributed by atoms with Gasteiger partial charge in [0.25, 0.3) is 5.91 Å². The standard InChI is InChI=1S/C22H28N2O3/c1-14-7-8-16(3)19(11-14)27-13-21(26)24(6)12-20(25)23-22-17(4)9-15(2)10-18(22)5/h7-11H,12-13H2,1-6H3,(H,23,25). The first-order chi connectivity index (χ1) is 12.7. The lowest BCUT2D eigenvalue weighted by molar-refractivity contribution is -0.135. The Morgan fingerprint density at radius 1 is 0.926 bits per heavy atom. The lowest BCUT2D eigenvalue weighted by atomic mass is 10.1. The topological polar surface area (TPSA) is 58.6 Å². The van der Waals surface area contributed by atoms with E-state index in [1.165, 1.54) is 4.90 Å². The van der Waals surface area contributed by atoms with Crippen LogP contribution in [0.25, 0.3) is 0 Å². The molecule has 2 aromatic carbocycles. The predicted octanol–water partition coefficient (Wildman–Crippen LogP) is 3.70. The first-order valence-corrected chi connectivity index (χ1v) is 8.99. The molecule has 0 aromatic heterocycles. The Hall–Kier alpha value is -2.82. The minimum atomic E-state index is -0.247. The number of ether oxygens (including phenoxy) is 1. The number of nitrogens with zero attached hydrogens (tertiary/aromatic N) is 1. The second-order valence-electron chi connectivity index (χ2n) is 7.13. The number of anilines is 1. The highest BCUT2D eigenvalue weighted by Crippen LogP contribution is 2.22. The van der Waals surface area contributed by atoms with Crippen molar-refractivity contribution in [2.75, 3.05) is 25.5 Å². The summed E-state index contributed by atoms with van der Waals surface area (Å²) in [7, 11) is 1.60. The number of nitrogens with one attached hydrogen (secondary N) is 1. The van der Waals surface area contributed by atoms with Gasteiger partial charge in [-0.2, -0.15) is 0 Å². The Morgan fingerprint density at radius 2 is 1.56 bits per heavy atom. The highest BCUT2D eigenvalue weighted by molar-refractivity contribution is 5.95. The first kappa shape index (κ1) is 20.5. The van der Waals surface area contributed by atoms with Crippen LogP contribution in [-0.4, -0.2) is 36.9 Å². The van der Waals surface area contributed by atoms with E-state index in [1.54, 1.807) is 7.05 Å². The van der Waals surface area contributed by atoms with Crippen molar-refractivity contribution in [1.82, 2.24) is 4.90 Å². The largest absolute Gasteiger partial charge is 0.483 e. The zero-order valence-corrected chi connectivity index (χ0v) is 17.0. The van der Waals surface area contributed by atoms with Gasteiger partial charge in [0.05, 0.1) is 6.54 Å². The molecule has 0 radical (unpaired) electrons. The SMILES string of the molecule is Cc1cc(C)c(NC(=O)CN(C)C(=O)COc2cc(C)ccc2C)c(C)c1. The van der Waals surface area contributed by atoms with E-state index in [0.29, 0.717) is 5.75 Å². The monoisotopic (exact) mass is 368 g/mol. The summed E-state index contributed by atoms with van der Waals surface area (Å²) in [5.41, 5.74) is 6.01. The summed E-state index contributed by atoms with van der Waals surface area (Å²) in [6.07, 6.45) is 0. The van der Waals surface area contributed by atoms with Crippen molar-refractivity contribution in [3.05, 3.63) is 58.1 Å². The summed E-state index contributed by atoms with van der Waals surface area (Å²) in [5, 5.41) is 2.91. The normalized spacial score (nSPS) is 10.4. The van der Waals surface area contributed by atoms with Gasteiger partial charge >= 0.3 is 0 Å². The molecule has 5 nitrogen and oxygen atoms in total. The Morgan fingerprint density at radius 3 is 2.19 bits per heavy atom. The molecule has 0 unspecified atom stereocenters. The summed E-state index contributed by atoms with van der Waals surface area (Å²) in [5.74, 6) is 0.211. The molecule has 0 aliphatic heterocycles. The van der Waals surface area contributed by atoms with Crippen LogP contribution in [0, 0.1) is 34.6 Å². The number of carbonyl (C=O) groups is 2. The Bertz CT molecular complexity index is 836. The van der Waals surface area contributed by atoms with Crippen molar-refractivity contribution in [3.63, 3.8) is 0 Å². The van der Waals surface area contributed by atoms with Crippen LogP contribution in [0.4, 0.5) is 5.69 Å². The highest BCUT2D eigenvalue weighted by Gasteiger charge is 2.15. The van der Waals surface area contributed by atoms with Crippen LogP contribution < -0.4 is 10.1 Å². The maximum absolute atomic E-state index is 12.3. The van der Waals surface area contributed by atoms with Crippen molar-refractivity contribution in [1.29, 1.82) is 0 Å². The third-order valence-corrected chi connectivity index (χ3v) is 4.44. The minimum Gasteiger partial charge on any atom is -0.483 e. The smallest absolute Gasteiger partial charge is 0.260 e. The summed E-state index contributed by atoms with van der Waals surface area (Å²) in [6, 6.07) is 9.90. The number of hydrogen-bond donors (Lipinski definition) is 1. The average Bonchev–Trinajstić information content (AvgIpc) is 2.58. The second-order valence-corrected chi connectivity index (χ2v) is 7.13. The fourth-order valence-electron chi connectivity index (χ4n) is 2.97. The van der Waals surface area contributed by atoms with Gasteiger partial charge in [-0.25, -0.2) is 0 Å². The zero-order chi connectivity index (χ0) is 20.1. The molecule has 2 rings (SSSR count). The van der Waals surface area contributed by atoms with E-state index in [4.69, 9.17) is 4.74 Å². The molecule has 0 heterocycles. The van der Waals surface area contributed by atoms with Crippen molar-refractivity contribution >= 4 is 17.5 Å². The third-order valence-electron chi connectivity index (χ3n) is 4.44. The minimum absolute atomic E-state index is 0.0260. The lowest BCUT2D eigenvalue weighted by Crippen LogP contribution is -2.37. The number of hydrogen-bond acceptors (Lipinski definition) is 3. The quantitative estimate of drug-likeness (QED) is 0.846. The van der Waals surface area contributed by atoms with E-state index in [9.17, 15) is 9.59 Å². The van der Waals surface area contributed by atoms with Gasteiger partial charge in [-0.3, -0.25) is 9.59 Å². The van der Waals surface area contributed by atoms with Gasteiger partial charge in [0, 0.05) is 12.7 Å². The Labute approximate surface area is 161 Å². The molecular formula is C22H28N2O3. The van der Waals surface area contributed by atoms with E-state index in [2.05, 4.69) is 5.32 Å². The first-order valence-electron chi connectivity index (χ1n) is 8.99. The van der Waals surface area contributed by atoms with E-state index in [0.717, 1.165) is 33.5 Å². The molecule has 0 saturated carbocycles. The highest BCUT2D eigenvalue weighted by atomic mass is 16.5. The fourth-order valence-corrected chi connectivity index (χ4v) is 2.97. The Balaban J connectivity index is 1.92. The molecule has 0 aliphatic carbocycles. The van der Waals surface area contributed by atoms with E-state index < -0.39 is 0 Å². The molecule has 0 atom stereocenters. The molecule has 0 aliphatic rings. The number of benzene rings is 2. The van der Waals surface area contributed by atoms with Crippen molar-refractivity contribution in [3.8, 4) is 5.75 Å². The number of carbonyl (C=O) groups excluding carboxylic acids is 2. The van der Waals surface area contributed by atoms with E-state index in [-0.39, 0.29) is 25.0 Å². The lowest BCUT2D eigenvalue weighted by Gasteiger charge is -2.19. The van der Waals surface area contributed by atoms with Crippen LogP contribution in [0.15, 0.2) is 30.3 Å². The molecule has 0 saturated heterocycles. The molecule has 1 N–H and O–H groups in total. The zero-order valence-electron chi connectivity index (χ0n) is 17.0. The maximum atomic E-state index is 12.3. The fraction of sp³-hybridized carbons (Fsp3) is 0.364. The number of likely N-dealkylation sites (N-methyl/N-ethyl adjacent to an activating group) is 1. The van der Waals surface area contributed by atoms with Crippen LogP contribution in [0.5, 0.6) is 5.75 Å². The molecule has 5 heteroatoms. The van der Waals surface area contributed by atoms with Gasteiger partial charge in [0.2, 0.25) is 5.91 Å². The van der Waals surface area contributed by atoms with Gasteiger partial charge in [-0.15, -0.1) is 0 Å². The molecule has 2 aromatic rings. The Kier molecular flexibility index (Phi) is 6.61. The summed E-state index contributed by atoms with van der Waals surface area (Å²) in [4.78, 5) is 26.0. The molecule has 0 spiro atoms. The average molecular weight is 368 g/mol. The third kappa shape index (κ3) is 5.58. The molecule has 0 bridgehead atoms. The van der Waals surface area contributed by atoms with Crippen LogP contribution >= 0.6 is 0 Å². The van der Waals surface area contributed by atoms with E-state index in [1.807, 2.05) is 65.0 Å². The number of aryl methyl sites for hydroxylation is 5. The molecule has 2 amide bonds. The van der Waals surface area contributed by atoms with Crippen molar-refractivity contribution in [2.24, 2.45) is 0 Å². The second kappa shape index (κ2) is 8.71. The van der Waals surface area contributed by atoms with Crippen LogP contribution in [0.2, 0.25) is 0 Å². The maximum Gasteiger partial charge on any atom is 0.260 e. The molecule has 144 valence electrons. The predicted molar refractivity (Wildman–Crippen MR) is 108 cm³/mol. The molecule has 0 fully saturated rings. The summed E-state index contributed by atoms with van der Waals surface area (Å²) in [6.45, 7) is 9.72. The van der Waals surface area contributed by atoms with Gasteiger partial charge in [0.1, 0.15) is 5.75 Å². The van der Waals surface area contributed by atoms with E-state index >= 15 is 0 Å². The number of rotatable bonds is 6. The summed E-state index contributed by atoms with van der Waals surface area (Å²) >= 11 is 0. The molecular weight excluding hydrogens is 340 g/mol. The van der Waals surface area contributed by atoms with Gasteiger partial charge in [-0.05, 0) is 62.9 Å². The molecule has 27 heavy (non-hydrogen) atoms. The van der Waals surface area contributed by atoms with Gasteiger partial charge in [0.15, 0.2) is 6.61 Å². The van der Waals surface area contributed by atoms with Crippen molar-refractivity contribution < 1.29 is 14.3 Å². The van der Waals surface area contributed by atoms with Gasteiger partial charge in [-0.1, -0.05) is 29.8 Å². The number of amides is 2. The summed E-state index contributed by atoms with van der Waals surface area (Å²) < 4.78 is 5.63. The van der Waals surface area contributed by atoms with Crippen molar-refractivity contribution in [2.45, 2.75) is 34.6 Å². The van der Waals surface area contributed by atoms with Crippen LogP contribution in [0.3, 0.4) is 0 Å². The van der Waals surface area contributed by atoms with Crippen LogP contribution in [-0.2, 0) is 9.59 Å². The van der Waals surface area contributed by atoms with Crippen LogP contribution in [0.1, 0.15) is 27.8 Å². The van der Waals surface area contributed by atoms with Gasteiger partial charge < -0.3 is 15.0 Å².